The third-order valence-electron chi connectivity index (χ3n) is 5.41. The van der Waals surface area contributed by atoms with E-state index >= 15 is 0 Å². The summed E-state index contributed by atoms with van der Waals surface area (Å²) in [4.78, 5) is 24.6. The van der Waals surface area contributed by atoms with Crippen molar-refractivity contribution in [1.82, 2.24) is 4.31 Å². The molecule has 1 heterocycles. The van der Waals surface area contributed by atoms with E-state index in [-0.39, 0.29) is 22.6 Å². The molecule has 2 aromatic carbocycles. The average Bonchev–Trinajstić information content (AvgIpc) is 2.74. The van der Waals surface area contributed by atoms with Crippen LogP contribution in [0.4, 0.5) is 11.4 Å². The van der Waals surface area contributed by atoms with Crippen LogP contribution in [0.5, 0.6) is 0 Å². The molecule has 0 unspecified atom stereocenters. The van der Waals surface area contributed by atoms with Crippen LogP contribution >= 0.6 is 0 Å². The molecule has 0 aliphatic carbocycles. The van der Waals surface area contributed by atoms with Gasteiger partial charge in [0, 0.05) is 35.9 Å². The predicted octanol–water partition coefficient (Wildman–Crippen LogP) is 3.95. The number of rotatable bonds is 6. The largest absolute Gasteiger partial charge is 0.326 e. The molecule has 2 N–H and O–H groups in total. The van der Waals surface area contributed by atoms with Crippen molar-refractivity contribution in [3.8, 4) is 0 Å². The van der Waals surface area contributed by atoms with E-state index in [2.05, 4.69) is 17.6 Å². The Morgan fingerprint density at radius 3 is 2.13 bits per heavy atom. The zero-order valence-corrected chi connectivity index (χ0v) is 18.9. The van der Waals surface area contributed by atoms with Gasteiger partial charge in [0.15, 0.2) is 0 Å². The molecule has 0 atom stereocenters. The van der Waals surface area contributed by atoms with Crippen molar-refractivity contribution in [3.63, 3.8) is 0 Å². The van der Waals surface area contributed by atoms with Crippen LogP contribution in [0.25, 0.3) is 0 Å². The maximum Gasteiger partial charge on any atom is 0.255 e. The quantitative estimate of drug-likeness (QED) is 0.707. The van der Waals surface area contributed by atoms with Gasteiger partial charge in [-0.3, -0.25) is 9.59 Å². The second kappa shape index (κ2) is 9.62. The fraction of sp³-hybridized carbons (Fsp3) is 0.391. The minimum atomic E-state index is -3.55. The summed E-state index contributed by atoms with van der Waals surface area (Å²) in [5.41, 5.74) is 1.47. The standard InChI is InChI=1S/C23H29N3O4S/c1-16(2)22(27)24-19-5-4-6-20(15-19)25-23(28)18-7-9-21(10-8-18)31(29,30)26-13-11-17(3)12-14-26/h4-10,15-17H,11-14H2,1-3H3,(H,24,27)(H,25,28). The number of amides is 2. The number of benzene rings is 2. The molecular weight excluding hydrogens is 414 g/mol. The zero-order chi connectivity index (χ0) is 22.6. The molecular formula is C23H29N3O4S. The van der Waals surface area contributed by atoms with Crippen molar-refractivity contribution < 1.29 is 18.0 Å². The summed E-state index contributed by atoms with van der Waals surface area (Å²) in [6.45, 7) is 6.78. The summed E-state index contributed by atoms with van der Waals surface area (Å²) in [6.07, 6.45) is 1.72. The van der Waals surface area contributed by atoms with E-state index in [4.69, 9.17) is 0 Å². The first-order valence-corrected chi connectivity index (χ1v) is 11.9. The summed E-state index contributed by atoms with van der Waals surface area (Å²) < 4.78 is 27.2. The summed E-state index contributed by atoms with van der Waals surface area (Å²) in [5, 5.41) is 5.57. The van der Waals surface area contributed by atoms with Crippen molar-refractivity contribution in [1.29, 1.82) is 0 Å². The Morgan fingerprint density at radius 2 is 1.55 bits per heavy atom. The molecule has 0 bridgehead atoms. The maximum atomic E-state index is 12.8. The van der Waals surface area contributed by atoms with Crippen molar-refractivity contribution in [2.24, 2.45) is 11.8 Å². The van der Waals surface area contributed by atoms with Crippen LogP contribution in [0, 0.1) is 11.8 Å². The fourth-order valence-corrected chi connectivity index (χ4v) is 4.79. The van der Waals surface area contributed by atoms with Crippen molar-refractivity contribution in [2.75, 3.05) is 23.7 Å². The third kappa shape index (κ3) is 5.71. The van der Waals surface area contributed by atoms with E-state index in [9.17, 15) is 18.0 Å². The van der Waals surface area contributed by atoms with Crippen LogP contribution in [-0.4, -0.2) is 37.6 Å². The van der Waals surface area contributed by atoms with Gasteiger partial charge in [-0.15, -0.1) is 0 Å². The molecule has 31 heavy (non-hydrogen) atoms. The SMILES string of the molecule is CC1CCN(S(=O)(=O)c2ccc(C(=O)Nc3cccc(NC(=O)C(C)C)c3)cc2)CC1. The highest BCUT2D eigenvalue weighted by molar-refractivity contribution is 7.89. The molecule has 0 spiro atoms. The van der Waals surface area contributed by atoms with Gasteiger partial charge >= 0.3 is 0 Å². The lowest BCUT2D eigenvalue weighted by Crippen LogP contribution is -2.37. The molecule has 7 nitrogen and oxygen atoms in total. The average molecular weight is 444 g/mol. The van der Waals surface area contributed by atoms with Crippen LogP contribution in [-0.2, 0) is 14.8 Å². The topological polar surface area (TPSA) is 95.6 Å². The lowest BCUT2D eigenvalue weighted by Gasteiger charge is -2.29. The van der Waals surface area contributed by atoms with Gasteiger partial charge < -0.3 is 10.6 Å². The number of carbonyl (C=O) groups excluding carboxylic acids is 2. The summed E-state index contributed by atoms with van der Waals surface area (Å²) in [5.74, 6) is -0.0809. The number of carbonyl (C=O) groups is 2. The second-order valence-electron chi connectivity index (χ2n) is 8.29. The number of piperidine rings is 1. The Labute approximate surface area is 183 Å². The van der Waals surface area contributed by atoms with Gasteiger partial charge in [0.25, 0.3) is 5.91 Å². The zero-order valence-electron chi connectivity index (χ0n) is 18.1. The maximum absolute atomic E-state index is 12.8. The molecule has 3 rings (SSSR count). The Bertz CT molecular complexity index is 1040. The first kappa shape index (κ1) is 23.0. The minimum absolute atomic E-state index is 0.108. The minimum Gasteiger partial charge on any atom is -0.326 e. The molecule has 166 valence electrons. The number of nitrogens with zero attached hydrogens (tertiary/aromatic N) is 1. The van der Waals surface area contributed by atoms with Gasteiger partial charge in [-0.25, -0.2) is 8.42 Å². The lowest BCUT2D eigenvalue weighted by atomic mass is 10.0. The van der Waals surface area contributed by atoms with Crippen molar-refractivity contribution >= 4 is 33.2 Å². The van der Waals surface area contributed by atoms with Crippen molar-refractivity contribution in [3.05, 3.63) is 54.1 Å². The van der Waals surface area contributed by atoms with Crippen LogP contribution < -0.4 is 10.6 Å². The van der Waals surface area contributed by atoms with E-state index in [0.29, 0.717) is 35.9 Å². The van der Waals surface area contributed by atoms with E-state index in [1.54, 1.807) is 38.1 Å². The number of anilines is 2. The Hall–Kier alpha value is -2.71. The fourth-order valence-electron chi connectivity index (χ4n) is 3.32. The molecule has 8 heteroatoms. The first-order valence-electron chi connectivity index (χ1n) is 10.5. The summed E-state index contributed by atoms with van der Waals surface area (Å²) in [6, 6.07) is 12.9. The van der Waals surface area contributed by atoms with E-state index in [1.807, 2.05) is 0 Å². The molecule has 1 aliphatic rings. The molecule has 0 aromatic heterocycles. The van der Waals surface area contributed by atoms with Gasteiger partial charge in [-0.1, -0.05) is 26.8 Å². The Morgan fingerprint density at radius 1 is 0.968 bits per heavy atom. The number of hydrogen-bond acceptors (Lipinski definition) is 4. The number of sulfonamides is 1. The normalized spacial score (nSPS) is 15.6. The molecule has 1 aliphatic heterocycles. The number of hydrogen-bond donors (Lipinski definition) is 2. The van der Waals surface area contributed by atoms with Gasteiger partial charge in [0.2, 0.25) is 15.9 Å². The Balaban J connectivity index is 1.67. The summed E-state index contributed by atoms with van der Waals surface area (Å²) in [7, 11) is -3.55. The van der Waals surface area contributed by atoms with Gasteiger partial charge in [0.1, 0.15) is 0 Å². The van der Waals surface area contributed by atoms with Gasteiger partial charge in [-0.2, -0.15) is 4.31 Å². The highest BCUT2D eigenvalue weighted by Crippen LogP contribution is 2.24. The van der Waals surface area contributed by atoms with E-state index < -0.39 is 10.0 Å². The molecule has 1 saturated heterocycles. The highest BCUT2D eigenvalue weighted by Gasteiger charge is 2.28. The van der Waals surface area contributed by atoms with Crippen molar-refractivity contribution in [2.45, 2.75) is 38.5 Å². The van der Waals surface area contributed by atoms with E-state index in [0.717, 1.165) is 12.8 Å². The van der Waals surface area contributed by atoms with Crippen LogP contribution in [0.15, 0.2) is 53.4 Å². The lowest BCUT2D eigenvalue weighted by molar-refractivity contribution is -0.118. The van der Waals surface area contributed by atoms with Gasteiger partial charge in [0.05, 0.1) is 4.90 Å². The third-order valence-corrected chi connectivity index (χ3v) is 7.32. The smallest absolute Gasteiger partial charge is 0.255 e. The van der Waals surface area contributed by atoms with Crippen LogP contribution in [0.1, 0.15) is 44.0 Å². The van der Waals surface area contributed by atoms with E-state index in [1.165, 1.54) is 28.6 Å². The van der Waals surface area contributed by atoms with Crippen LogP contribution in [0.3, 0.4) is 0 Å². The molecule has 0 saturated carbocycles. The predicted molar refractivity (Wildman–Crippen MR) is 121 cm³/mol. The molecule has 2 amide bonds. The molecule has 2 aromatic rings. The highest BCUT2D eigenvalue weighted by atomic mass is 32.2. The Kier molecular flexibility index (Phi) is 7.12. The monoisotopic (exact) mass is 443 g/mol. The van der Waals surface area contributed by atoms with Crippen LogP contribution in [0.2, 0.25) is 0 Å². The number of nitrogens with one attached hydrogen (secondary N) is 2. The molecule has 0 radical (unpaired) electrons. The van der Waals surface area contributed by atoms with Gasteiger partial charge in [-0.05, 0) is 61.2 Å². The first-order chi connectivity index (χ1) is 14.7. The second-order valence-corrected chi connectivity index (χ2v) is 10.2. The molecule has 1 fully saturated rings. The summed E-state index contributed by atoms with van der Waals surface area (Å²) >= 11 is 0.